The zero-order valence-corrected chi connectivity index (χ0v) is 15.0. The highest BCUT2D eigenvalue weighted by Gasteiger charge is 2.33. The van der Waals surface area contributed by atoms with Gasteiger partial charge in [0.15, 0.2) is 0 Å². The quantitative estimate of drug-likeness (QED) is 0.841. The second kappa shape index (κ2) is 7.20. The molecule has 5 nitrogen and oxygen atoms in total. The van der Waals surface area contributed by atoms with Crippen molar-refractivity contribution in [2.45, 2.75) is 59.1 Å². The fourth-order valence-electron chi connectivity index (χ4n) is 2.98. The SMILES string of the molecule is CCN(CC)c1ccc(C2CCCN2C(=O)OC(C)(C)C)cn1. The van der Waals surface area contributed by atoms with E-state index in [0.717, 1.165) is 43.9 Å². The first-order valence-electron chi connectivity index (χ1n) is 8.56. The number of carbonyl (C=O) groups is 1. The van der Waals surface area contributed by atoms with Crippen molar-refractivity contribution in [3.63, 3.8) is 0 Å². The number of nitrogens with zero attached hydrogens (tertiary/aromatic N) is 3. The van der Waals surface area contributed by atoms with E-state index in [2.05, 4.69) is 29.8 Å². The van der Waals surface area contributed by atoms with Crippen LogP contribution >= 0.6 is 0 Å². The lowest BCUT2D eigenvalue weighted by atomic mass is 10.1. The van der Waals surface area contributed by atoms with Crippen molar-refractivity contribution in [2.24, 2.45) is 0 Å². The Kier molecular flexibility index (Phi) is 5.50. The van der Waals surface area contributed by atoms with Gasteiger partial charge in [-0.15, -0.1) is 0 Å². The highest BCUT2D eigenvalue weighted by atomic mass is 16.6. The molecule has 1 fully saturated rings. The number of aromatic nitrogens is 1. The number of pyridine rings is 1. The van der Waals surface area contributed by atoms with Crippen LogP contribution in [0.3, 0.4) is 0 Å². The number of amides is 1. The molecule has 2 rings (SSSR count). The smallest absolute Gasteiger partial charge is 0.410 e. The van der Waals surface area contributed by atoms with Crippen LogP contribution in [0.2, 0.25) is 0 Å². The van der Waals surface area contributed by atoms with Crippen molar-refractivity contribution in [3.8, 4) is 0 Å². The molecule has 0 aromatic carbocycles. The minimum Gasteiger partial charge on any atom is -0.444 e. The van der Waals surface area contributed by atoms with E-state index in [-0.39, 0.29) is 12.1 Å². The summed E-state index contributed by atoms with van der Waals surface area (Å²) in [7, 11) is 0. The molecule has 23 heavy (non-hydrogen) atoms. The fourth-order valence-corrected chi connectivity index (χ4v) is 2.98. The summed E-state index contributed by atoms with van der Waals surface area (Å²) < 4.78 is 5.53. The highest BCUT2D eigenvalue weighted by Crippen LogP contribution is 2.33. The van der Waals surface area contributed by atoms with Crippen LogP contribution in [0.25, 0.3) is 0 Å². The molecule has 1 atom stereocenters. The van der Waals surface area contributed by atoms with Gasteiger partial charge < -0.3 is 14.5 Å². The van der Waals surface area contributed by atoms with Gasteiger partial charge in [-0.05, 0) is 59.1 Å². The molecule has 1 aromatic heterocycles. The predicted octanol–water partition coefficient (Wildman–Crippen LogP) is 4.00. The first-order chi connectivity index (χ1) is 10.9. The summed E-state index contributed by atoms with van der Waals surface area (Å²) in [4.78, 5) is 21.0. The van der Waals surface area contributed by atoms with Crippen LogP contribution < -0.4 is 4.90 Å². The van der Waals surface area contributed by atoms with Crippen molar-refractivity contribution < 1.29 is 9.53 Å². The molecule has 1 amide bonds. The van der Waals surface area contributed by atoms with E-state index in [1.54, 1.807) is 0 Å². The Morgan fingerprint density at radius 1 is 1.35 bits per heavy atom. The van der Waals surface area contributed by atoms with Crippen LogP contribution in [-0.2, 0) is 4.74 Å². The lowest BCUT2D eigenvalue weighted by molar-refractivity contribution is 0.0224. The Morgan fingerprint density at radius 3 is 2.57 bits per heavy atom. The zero-order valence-electron chi connectivity index (χ0n) is 15.0. The summed E-state index contributed by atoms with van der Waals surface area (Å²) in [5.74, 6) is 0.987. The average molecular weight is 319 g/mol. The van der Waals surface area contributed by atoms with Gasteiger partial charge in [0.1, 0.15) is 11.4 Å². The second-order valence-electron chi connectivity index (χ2n) is 6.95. The average Bonchev–Trinajstić information content (AvgIpc) is 2.97. The van der Waals surface area contributed by atoms with E-state index in [9.17, 15) is 4.79 Å². The number of carbonyl (C=O) groups excluding carboxylic acids is 1. The molecule has 0 saturated carbocycles. The molecule has 0 N–H and O–H groups in total. The first-order valence-corrected chi connectivity index (χ1v) is 8.56. The minimum atomic E-state index is -0.463. The lowest BCUT2D eigenvalue weighted by Gasteiger charge is -2.29. The van der Waals surface area contributed by atoms with Crippen LogP contribution in [0.5, 0.6) is 0 Å². The van der Waals surface area contributed by atoms with E-state index >= 15 is 0 Å². The van der Waals surface area contributed by atoms with Gasteiger partial charge in [0.05, 0.1) is 6.04 Å². The summed E-state index contributed by atoms with van der Waals surface area (Å²) in [6.07, 6.45) is 3.64. The molecule has 1 aromatic rings. The van der Waals surface area contributed by atoms with Crippen molar-refractivity contribution in [3.05, 3.63) is 23.9 Å². The number of hydrogen-bond acceptors (Lipinski definition) is 4. The van der Waals surface area contributed by atoms with E-state index in [1.165, 1.54) is 0 Å². The van der Waals surface area contributed by atoms with Crippen LogP contribution in [0.15, 0.2) is 18.3 Å². The third-order valence-corrected chi connectivity index (χ3v) is 4.12. The molecule has 2 heterocycles. The molecular weight excluding hydrogens is 290 g/mol. The topological polar surface area (TPSA) is 45.7 Å². The third kappa shape index (κ3) is 4.36. The number of likely N-dealkylation sites (tertiary alicyclic amines) is 1. The summed E-state index contributed by atoms with van der Waals surface area (Å²) in [5.41, 5.74) is 0.624. The van der Waals surface area contributed by atoms with Crippen molar-refractivity contribution in [2.75, 3.05) is 24.5 Å². The van der Waals surface area contributed by atoms with Crippen LogP contribution in [0.1, 0.15) is 59.1 Å². The Bertz CT molecular complexity index is 518. The maximum atomic E-state index is 12.4. The summed E-state index contributed by atoms with van der Waals surface area (Å²) in [6.45, 7) is 12.6. The summed E-state index contributed by atoms with van der Waals surface area (Å²) in [6, 6.07) is 4.21. The second-order valence-corrected chi connectivity index (χ2v) is 6.95. The van der Waals surface area contributed by atoms with Crippen LogP contribution in [0, 0.1) is 0 Å². The number of rotatable bonds is 4. The van der Waals surface area contributed by atoms with E-state index in [4.69, 9.17) is 4.74 Å². The number of ether oxygens (including phenoxy) is 1. The maximum absolute atomic E-state index is 12.4. The molecule has 1 aliphatic heterocycles. The van der Waals surface area contributed by atoms with Gasteiger partial charge in [-0.2, -0.15) is 0 Å². The van der Waals surface area contributed by atoms with Gasteiger partial charge in [0, 0.05) is 25.8 Å². The number of anilines is 1. The Hall–Kier alpha value is -1.78. The Balaban J connectivity index is 2.12. The molecule has 0 aliphatic carbocycles. The fraction of sp³-hybridized carbons (Fsp3) is 0.667. The third-order valence-electron chi connectivity index (χ3n) is 4.12. The normalized spacial score (nSPS) is 18.1. The first kappa shape index (κ1) is 17.6. The largest absolute Gasteiger partial charge is 0.444 e. The van der Waals surface area contributed by atoms with Gasteiger partial charge >= 0.3 is 6.09 Å². The molecule has 0 radical (unpaired) electrons. The maximum Gasteiger partial charge on any atom is 0.410 e. The molecule has 1 saturated heterocycles. The van der Waals surface area contributed by atoms with Gasteiger partial charge in [-0.25, -0.2) is 9.78 Å². The van der Waals surface area contributed by atoms with Crippen molar-refractivity contribution >= 4 is 11.9 Å². The summed E-state index contributed by atoms with van der Waals surface area (Å²) >= 11 is 0. The highest BCUT2D eigenvalue weighted by molar-refractivity contribution is 5.69. The Labute approximate surface area is 139 Å². The molecule has 1 aliphatic rings. The number of hydrogen-bond donors (Lipinski definition) is 0. The van der Waals surface area contributed by atoms with E-state index in [0.29, 0.717) is 0 Å². The van der Waals surface area contributed by atoms with Gasteiger partial charge in [0.2, 0.25) is 0 Å². The van der Waals surface area contributed by atoms with Crippen LogP contribution in [0.4, 0.5) is 10.6 Å². The lowest BCUT2D eigenvalue weighted by Crippen LogP contribution is -2.36. The standard InChI is InChI=1S/C18H29N3O2/c1-6-20(7-2)16-11-10-14(13-19-16)15-9-8-12-21(15)17(22)23-18(3,4)5/h10-11,13,15H,6-9,12H2,1-5H3. The molecule has 5 heteroatoms. The molecular formula is C18H29N3O2. The van der Waals surface area contributed by atoms with Gasteiger partial charge in [-0.1, -0.05) is 6.07 Å². The summed E-state index contributed by atoms with van der Waals surface area (Å²) in [5, 5.41) is 0. The van der Waals surface area contributed by atoms with E-state index < -0.39 is 5.60 Å². The zero-order chi connectivity index (χ0) is 17.0. The predicted molar refractivity (Wildman–Crippen MR) is 92.7 cm³/mol. The minimum absolute atomic E-state index is 0.0723. The van der Waals surface area contributed by atoms with E-state index in [1.807, 2.05) is 37.9 Å². The molecule has 128 valence electrons. The Morgan fingerprint density at radius 2 is 2.04 bits per heavy atom. The van der Waals surface area contributed by atoms with Gasteiger partial charge in [0.25, 0.3) is 0 Å². The van der Waals surface area contributed by atoms with Crippen molar-refractivity contribution in [1.29, 1.82) is 0 Å². The molecule has 1 unspecified atom stereocenters. The molecule has 0 spiro atoms. The molecule has 0 bridgehead atoms. The monoisotopic (exact) mass is 319 g/mol. The van der Waals surface area contributed by atoms with Gasteiger partial charge in [-0.3, -0.25) is 0 Å². The van der Waals surface area contributed by atoms with Crippen LogP contribution in [-0.4, -0.2) is 41.2 Å². The van der Waals surface area contributed by atoms with Crippen molar-refractivity contribution in [1.82, 2.24) is 9.88 Å².